The van der Waals surface area contributed by atoms with Crippen molar-refractivity contribution >= 4 is 91.0 Å². The fraction of sp³-hybridized carbons (Fsp3) is 0.304. The van der Waals surface area contributed by atoms with Crippen LogP contribution in [0, 0.1) is 0 Å². The van der Waals surface area contributed by atoms with E-state index in [0.717, 1.165) is 30.8 Å². The molecule has 3 atom stereocenters. The number of thiazole rings is 2. The first-order valence-electron chi connectivity index (χ1n) is 11.8. The molecule has 0 aliphatic carbocycles. The summed E-state index contributed by atoms with van der Waals surface area (Å²) in [5.41, 5.74) is 6.44. The molecule has 14 nitrogen and oxygen atoms in total. The van der Waals surface area contributed by atoms with Crippen molar-refractivity contribution in [2.75, 3.05) is 17.2 Å². The summed E-state index contributed by atoms with van der Waals surface area (Å²) in [6.07, 6.45) is 2.48. The van der Waals surface area contributed by atoms with Crippen LogP contribution in [0.5, 0.6) is 0 Å². The maximum Gasteiger partial charge on any atom is 0.347 e. The van der Waals surface area contributed by atoms with Crippen LogP contribution >= 0.6 is 46.2 Å². The molecule has 0 saturated carbocycles. The maximum absolute atomic E-state index is 13.1. The highest BCUT2D eigenvalue weighted by Crippen LogP contribution is 2.42. The molecule has 2 aliphatic rings. The molecule has 5 rings (SSSR count). The first kappa shape index (κ1) is 28.8. The zero-order valence-electron chi connectivity index (χ0n) is 21.3. The van der Waals surface area contributed by atoms with Gasteiger partial charge in [-0.1, -0.05) is 16.9 Å². The molecule has 4 N–H and O–H groups in total. The molecule has 5 heterocycles. The van der Waals surface area contributed by atoms with Gasteiger partial charge in [0.2, 0.25) is 6.10 Å². The second-order valence-corrected chi connectivity index (χ2v) is 13.1. The number of hydrogen-bond acceptors (Lipinski definition) is 14. The Balaban J connectivity index is 1.31. The number of nitrogen functional groups attached to an aromatic ring is 1. The average molecular weight is 636 g/mol. The molecule has 1 unspecified atom stereocenters. The first-order valence-corrected chi connectivity index (χ1v) is 15.5. The number of fused-ring (bicyclic) bond motifs is 2. The number of thioether (sulfide) groups is 2. The SMILES string of the molecule is C[C@H](O/N=C(\C(=O)NC1C(=O)N2C(C(=O)[O-])=C(CSc3nc4cc[n+](C)cc4s3)CS[C@@H]12)c1csc(N)n1)C(=O)O. The number of pyridine rings is 1. The number of amides is 2. The van der Waals surface area contributed by atoms with Gasteiger partial charge >= 0.3 is 5.97 Å². The summed E-state index contributed by atoms with van der Waals surface area (Å²) in [5, 5.41) is 28.3. The van der Waals surface area contributed by atoms with Crippen LogP contribution in [0.1, 0.15) is 12.6 Å². The Kier molecular flexibility index (Phi) is 8.16. The Hall–Kier alpha value is -3.74. The molecule has 3 aromatic heterocycles. The number of nitrogens with zero attached hydrogens (tertiary/aromatic N) is 5. The van der Waals surface area contributed by atoms with E-state index in [0.29, 0.717) is 11.3 Å². The maximum atomic E-state index is 13.1. The molecule has 0 bridgehead atoms. The smallest absolute Gasteiger partial charge is 0.347 e. The average Bonchev–Trinajstić information content (AvgIpc) is 3.54. The van der Waals surface area contributed by atoms with Gasteiger partial charge in [-0.15, -0.1) is 34.4 Å². The summed E-state index contributed by atoms with van der Waals surface area (Å²) in [5.74, 6) is -3.71. The summed E-state index contributed by atoms with van der Waals surface area (Å²) in [4.78, 5) is 64.1. The second kappa shape index (κ2) is 11.6. The van der Waals surface area contributed by atoms with E-state index in [1.54, 1.807) is 0 Å². The lowest BCUT2D eigenvalue weighted by Crippen LogP contribution is -2.71. The number of nitrogens with two attached hydrogens (primary N) is 1. The third-order valence-corrected chi connectivity index (χ3v) is 10.2. The van der Waals surface area contributed by atoms with Crippen LogP contribution in [0.25, 0.3) is 10.2 Å². The molecule has 18 heteroatoms. The van der Waals surface area contributed by atoms with Gasteiger partial charge in [0.15, 0.2) is 27.6 Å². The highest BCUT2D eigenvalue weighted by atomic mass is 32.2. The van der Waals surface area contributed by atoms with E-state index in [-0.39, 0.29) is 28.0 Å². The first-order chi connectivity index (χ1) is 19.5. The zero-order valence-corrected chi connectivity index (χ0v) is 24.6. The quantitative estimate of drug-likeness (QED) is 0.0852. The van der Waals surface area contributed by atoms with Gasteiger partial charge in [0, 0.05) is 23.0 Å². The molecular weight excluding hydrogens is 615 g/mol. The number of oxime groups is 1. The molecule has 1 fully saturated rings. The van der Waals surface area contributed by atoms with Crippen molar-refractivity contribution in [3.8, 4) is 0 Å². The number of carboxylic acids is 2. The van der Waals surface area contributed by atoms with E-state index < -0.39 is 41.3 Å². The van der Waals surface area contributed by atoms with Crippen LogP contribution < -0.4 is 20.7 Å². The molecule has 1 saturated heterocycles. The number of β-lactam (4-membered cyclic amide) rings is 1. The Labute approximate surface area is 248 Å². The van der Waals surface area contributed by atoms with Crippen molar-refractivity contribution in [3.05, 3.63) is 40.8 Å². The third-order valence-electron chi connectivity index (χ3n) is 5.98. The van der Waals surface area contributed by atoms with Crippen LogP contribution in [0.15, 0.2) is 44.6 Å². The van der Waals surface area contributed by atoms with Crippen LogP contribution in [0.3, 0.4) is 0 Å². The van der Waals surface area contributed by atoms with Crippen LogP contribution in [-0.4, -0.2) is 78.5 Å². The van der Waals surface area contributed by atoms with E-state index in [2.05, 4.69) is 20.4 Å². The molecule has 214 valence electrons. The molecule has 3 aromatic rings. The minimum absolute atomic E-state index is 0.0285. The van der Waals surface area contributed by atoms with Crippen molar-refractivity contribution in [2.45, 2.75) is 28.8 Å². The number of anilines is 1. The molecular formula is C23H21N7O7S4. The van der Waals surface area contributed by atoms with Gasteiger partial charge in [-0.25, -0.2) is 19.3 Å². The number of carbonyl (C=O) groups excluding carboxylic acids is 3. The lowest BCUT2D eigenvalue weighted by molar-refractivity contribution is -0.670. The highest BCUT2D eigenvalue weighted by molar-refractivity contribution is 8.02. The number of aryl methyl sites for hydroxylation is 1. The van der Waals surface area contributed by atoms with Gasteiger partial charge in [0.05, 0.1) is 17.2 Å². The lowest BCUT2D eigenvalue weighted by atomic mass is 10.0. The minimum atomic E-state index is -1.49. The number of aliphatic carboxylic acids is 2. The van der Waals surface area contributed by atoms with Gasteiger partial charge in [-0.3, -0.25) is 14.5 Å². The van der Waals surface area contributed by atoms with Crippen LogP contribution in [-0.2, 0) is 31.1 Å². The fourth-order valence-electron chi connectivity index (χ4n) is 3.93. The van der Waals surface area contributed by atoms with E-state index in [1.165, 1.54) is 47.2 Å². The van der Waals surface area contributed by atoms with Gasteiger partial charge in [0.25, 0.3) is 11.8 Å². The van der Waals surface area contributed by atoms with Crippen molar-refractivity contribution in [2.24, 2.45) is 12.2 Å². The highest BCUT2D eigenvalue weighted by Gasteiger charge is 2.53. The topological polar surface area (TPSA) is 204 Å². The van der Waals surface area contributed by atoms with Crippen LogP contribution in [0.2, 0.25) is 0 Å². The molecule has 2 amide bonds. The number of carbonyl (C=O) groups is 4. The summed E-state index contributed by atoms with van der Waals surface area (Å²) < 4.78 is 3.67. The number of carboxylic acid groups (broad SMARTS) is 2. The van der Waals surface area contributed by atoms with Crippen LogP contribution in [0.4, 0.5) is 5.13 Å². The number of aromatic nitrogens is 3. The summed E-state index contributed by atoms with van der Waals surface area (Å²) in [6, 6.07) is 0.827. The van der Waals surface area contributed by atoms with Crippen molar-refractivity contribution in [1.82, 2.24) is 20.2 Å². The van der Waals surface area contributed by atoms with Gasteiger partial charge in [-0.2, -0.15) is 0 Å². The Bertz CT molecular complexity index is 1630. The van der Waals surface area contributed by atoms with Gasteiger partial charge in [-0.05, 0) is 12.5 Å². The largest absolute Gasteiger partial charge is 0.543 e. The van der Waals surface area contributed by atoms with Gasteiger partial charge < -0.3 is 30.9 Å². The summed E-state index contributed by atoms with van der Waals surface area (Å²) in [7, 11) is 1.91. The Morgan fingerprint density at radius 1 is 1.41 bits per heavy atom. The monoisotopic (exact) mass is 635 g/mol. The Morgan fingerprint density at radius 3 is 2.88 bits per heavy atom. The van der Waals surface area contributed by atoms with E-state index in [9.17, 15) is 24.3 Å². The minimum Gasteiger partial charge on any atom is -0.543 e. The van der Waals surface area contributed by atoms with Gasteiger partial charge in [0.1, 0.15) is 28.9 Å². The molecule has 0 radical (unpaired) electrons. The molecule has 2 aliphatic heterocycles. The predicted molar refractivity (Wildman–Crippen MR) is 150 cm³/mol. The van der Waals surface area contributed by atoms with E-state index in [1.807, 2.05) is 30.1 Å². The molecule has 0 aromatic carbocycles. The van der Waals surface area contributed by atoms with Crippen molar-refractivity contribution in [3.63, 3.8) is 0 Å². The van der Waals surface area contributed by atoms with E-state index in [4.69, 9.17) is 15.7 Å². The van der Waals surface area contributed by atoms with Crippen molar-refractivity contribution < 1.29 is 38.8 Å². The zero-order chi connectivity index (χ0) is 29.4. The summed E-state index contributed by atoms with van der Waals surface area (Å²) in [6.45, 7) is 1.23. The third kappa shape index (κ3) is 5.85. The van der Waals surface area contributed by atoms with E-state index >= 15 is 0 Å². The Morgan fingerprint density at radius 2 is 2.20 bits per heavy atom. The molecule has 41 heavy (non-hydrogen) atoms. The normalized spacial score (nSPS) is 19.5. The second-order valence-electron chi connectivity index (χ2n) is 8.83. The standard InChI is InChI=1S/C23H21N7O7S4/c1-9(20(33)34)37-28-14(12-8-39-22(24)25-12)17(31)27-15-18(32)30-16(21(35)36)10(6-38-19(15)30)7-40-23-26-11-3-4-29(2)5-13(11)41-23/h3-5,8-9,15,19H,6-7H2,1-2H3,(H4-,24,25,27,31,33,34,35,36)/b28-14-/t9-,15?,19-/m0/s1. The molecule has 0 spiro atoms. The lowest BCUT2D eigenvalue weighted by Gasteiger charge is -2.50. The fourth-order valence-corrected chi connectivity index (χ4v) is 8.10. The predicted octanol–water partition coefficient (Wildman–Crippen LogP) is -0.450. The number of rotatable bonds is 10. The van der Waals surface area contributed by atoms with Crippen molar-refractivity contribution in [1.29, 1.82) is 0 Å². The number of nitrogens with one attached hydrogen (secondary N) is 1. The number of hydrogen-bond donors (Lipinski definition) is 3. The summed E-state index contributed by atoms with van der Waals surface area (Å²) >= 11 is 5.18.